The Morgan fingerprint density at radius 3 is 2.29 bits per heavy atom. The van der Waals surface area contributed by atoms with Crippen molar-refractivity contribution in [3.8, 4) is 6.07 Å². The van der Waals surface area contributed by atoms with E-state index in [1.54, 1.807) is 0 Å². The Morgan fingerprint density at radius 2 is 1.88 bits per heavy atom. The summed E-state index contributed by atoms with van der Waals surface area (Å²) in [6.07, 6.45) is -10.8. The third-order valence-corrected chi connectivity index (χ3v) is 3.28. The summed E-state index contributed by atoms with van der Waals surface area (Å²) >= 11 is 0. The molecule has 0 aliphatic heterocycles. The molecular weight excluding hydrogens is 340 g/mol. The number of alkyl halides is 6. The van der Waals surface area contributed by atoms with E-state index < -0.39 is 48.4 Å². The molecule has 0 bridgehead atoms. The second-order valence-electron chi connectivity index (χ2n) is 4.98. The fourth-order valence-corrected chi connectivity index (χ4v) is 1.99. The molecule has 1 rings (SSSR count). The predicted molar refractivity (Wildman–Crippen MR) is 72.8 cm³/mol. The van der Waals surface area contributed by atoms with E-state index in [1.807, 2.05) is 0 Å². The first-order valence-corrected chi connectivity index (χ1v) is 6.61. The van der Waals surface area contributed by atoms with E-state index in [1.165, 1.54) is 13.0 Å². The van der Waals surface area contributed by atoms with Crippen molar-refractivity contribution in [2.75, 3.05) is 11.4 Å². The summed E-state index contributed by atoms with van der Waals surface area (Å²) in [6.45, 7) is 0.432. The standard InChI is InChI=1S/C14H13F6N3O/c1-8(12(22)24)23(5-4-13(15,16)17)10-3-2-9(7-21)11(6-10)14(18,19)20/h2-3,6,8H,4-5H2,1H3,(H2,22,24). The summed E-state index contributed by atoms with van der Waals surface area (Å²) in [6, 6.07) is 2.52. The van der Waals surface area contributed by atoms with E-state index >= 15 is 0 Å². The molecule has 0 spiro atoms. The average Bonchev–Trinajstić information content (AvgIpc) is 2.44. The fraction of sp³-hybridized carbons (Fsp3) is 0.429. The number of primary amides is 1. The molecular formula is C14H13F6N3O. The van der Waals surface area contributed by atoms with Crippen LogP contribution in [0.1, 0.15) is 24.5 Å². The van der Waals surface area contributed by atoms with E-state index in [0.29, 0.717) is 6.07 Å². The Bertz CT molecular complexity index is 647. The highest BCUT2D eigenvalue weighted by atomic mass is 19.4. The van der Waals surface area contributed by atoms with Crippen LogP contribution in [0.15, 0.2) is 18.2 Å². The number of carbonyl (C=O) groups is 1. The molecule has 0 radical (unpaired) electrons. The molecule has 0 fully saturated rings. The zero-order chi connectivity index (χ0) is 18.7. The molecule has 1 unspecified atom stereocenters. The van der Waals surface area contributed by atoms with Crippen LogP contribution in [0.2, 0.25) is 0 Å². The minimum Gasteiger partial charge on any atom is -0.368 e. The number of nitriles is 1. The quantitative estimate of drug-likeness (QED) is 0.827. The molecule has 10 heteroatoms. The average molecular weight is 353 g/mol. The third-order valence-electron chi connectivity index (χ3n) is 3.28. The summed E-state index contributed by atoms with van der Waals surface area (Å²) in [4.78, 5) is 12.1. The van der Waals surface area contributed by atoms with Crippen molar-refractivity contribution in [3.05, 3.63) is 29.3 Å². The van der Waals surface area contributed by atoms with Crippen molar-refractivity contribution in [1.82, 2.24) is 0 Å². The smallest absolute Gasteiger partial charge is 0.368 e. The van der Waals surface area contributed by atoms with Crippen LogP contribution in [-0.2, 0) is 11.0 Å². The van der Waals surface area contributed by atoms with Crippen molar-refractivity contribution < 1.29 is 31.1 Å². The van der Waals surface area contributed by atoms with Crippen LogP contribution in [-0.4, -0.2) is 24.7 Å². The van der Waals surface area contributed by atoms with Crippen molar-refractivity contribution in [1.29, 1.82) is 5.26 Å². The summed E-state index contributed by atoms with van der Waals surface area (Å²) in [5, 5.41) is 8.73. The lowest BCUT2D eigenvalue weighted by Gasteiger charge is -2.30. The lowest BCUT2D eigenvalue weighted by atomic mass is 10.1. The number of nitrogens with zero attached hydrogens (tertiary/aromatic N) is 2. The van der Waals surface area contributed by atoms with Gasteiger partial charge in [0.2, 0.25) is 5.91 Å². The maximum atomic E-state index is 13.0. The lowest BCUT2D eigenvalue weighted by molar-refractivity contribution is -0.138. The van der Waals surface area contributed by atoms with Crippen LogP contribution in [0.3, 0.4) is 0 Å². The minimum atomic E-state index is -4.87. The molecule has 2 N–H and O–H groups in total. The Morgan fingerprint density at radius 1 is 1.29 bits per heavy atom. The second-order valence-corrected chi connectivity index (χ2v) is 4.98. The highest BCUT2D eigenvalue weighted by molar-refractivity contribution is 5.83. The Balaban J connectivity index is 3.32. The topological polar surface area (TPSA) is 70.1 Å². The van der Waals surface area contributed by atoms with Gasteiger partial charge in [-0.1, -0.05) is 0 Å². The molecule has 24 heavy (non-hydrogen) atoms. The van der Waals surface area contributed by atoms with E-state index in [9.17, 15) is 31.1 Å². The van der Waals surface area contributed by atoms with Gasteiger partial charge in [-0.2, -0.15) is 31.6 Å². The fourth-order valence-electron chi connectivity index (χ4n) is 1.99. The monoisotopic (exact) mass is 353 g/mol. The highest BCUT2D eigenvalue weighted by Gasteiger charge is 2.35. The summed E-state index contributed by atoms with van der Waals surface area (Å²) in [5.41, 5.74) is 2.81. The van der Waals surface area contributed by atoms with Gasteiger partial charge < -0.3 is 10.6 Å². The molecule has 0 aromatic heterocycles. The predicted octanol–water partition coefficient (Wildman–Crippen LogP) is 3.21. The van der Waals surface area contributed by atoms with Gasteiger partial charge in [0.1, 0.15) is 6.04 Å². The van der Waals surface area contributed by atoms with Gasteiger partial charge in [0.15, 0.2) is 0 Å². The zero-order valence-corrected chi connectivity index (χ0v) is 12.4. The third kappa shape index (κ3) is 5.04. The van der Waals surface area contributed by atoms with E-state index in [-0.39, 0.29) is 5.69 Å². The highest BCUT2D eigenvalue weighted by Crippen LogP contribution is 2.35. The SMILES string of the molecule is CC(C(N)=O)N(CCC(F)(F)F)c1ccc(C#N)c(C(F)(F)F)c1. The van der Waals surface area contributed by atoms with Crippen molar-refractivity contribution >= 4 is 11.6 Å². The van der Waals surface area contributed by atoms with Gasteiger partial charge in [0.25, 0.3) is 0 Å². The first kappa shape index (κ1) is 19.6. The van der Waals surface area contributed by atoms with E-state index in [2.05, 4.69) is 0 Å². The Labute approximate surface area is 133 Å². The molecule has 0 saturated carbocycles. The first-order valence-electron chi connectivity index (χ1n) is 6.61. The number of carbonyl (C=O) groups excluding carboxylic acids is 1. The molecule has 4 nitrogen and oxygen atoms in total. The maximum Gasteiger partial charge on any atom is 0.417 e. The molecule has 1 amide bonds. The number of halogens is 6. The minimum absolute atomic E-state index is 0.281. The number of amides is 1. The van der Waals surface area contributed by atoms with Gasteiger partial charge in [0, 0.05) is 12.2 Å². The van der Waals surface area contributed by atoms with Gasteiger partial charge in [0.05, 0.1) is 23.6 Å². The molecule has 0 aliphatic carbocycles. The summed E-state index contributed by atoms with van der Waals surface area (Å²) in [7, 11) is 0. The van der Waals surface area contributed by atoms with Crippen LogP contribution in [0, 0.1) is 11.3 Å². The number of hydrogen-bond acceptors (Lipinski definition) is 3. The van der Waals surface area contributed by atoms with Crippen LogP contribution in [0.4, 0.5) is 32.0 Å². The van der Waals surface area contributed by atoms with Crippen molar-refractivity contribution in [2.45, 2.75) is 31.7 Å². The summed E-state index contributed by atoms with van der Waals surface area (Å²) in [5.74, 6) is -0.991. The van der Waals surface area contributed by atoms with Gasteiger partial charge >= 0.3 is 12.4 Å². The molecule has 132 valence electrons. The normalized spacial score (nSPS) is 13.2. The van der Waals surface area contributed by atoms with Gasteiger partial charge in [-0.25, -0.2) is 0 Å². The maximum absolute atomic E-state index is 13.0. The number of anilines is 1. The largest absolute Gasteiger partial charge is 0.417 e. The van der Waals surface area contributed by atoms with Crippen LogP contribution < -0.4 is 10.6 Å². The molecule has 0 heterocycles. The van der Waals surface area contributed by atoms with Gasteiger partial charge in [-0.15, -0.1) is 0 Å². The van der Waals surface area contributed by atoms with Crippen LogP contribution >= 0.6 is 0 Å². The summed E-state index contributed by atoms with van der Waals surface area (Å²) < 4.78 is 76.2. The van der Waals surface area contributed by atoms with Crippen molar-refractivity contribution in [3.63, 3.8) is 0 Å². The van der Waals surface area contributed by atoms with Crippen LogP contribution in [0.25, 0.3) is 0 Å². The van der Waals surface area contributed by atoms with Crippen molar-refractivity contribution in [2.24, 2.45) is 5.73 Å². The number of hydrogen-bond donors (Lipinski definition) is 1. The number of benzene rings is 1. The van der Waals surface area contributed by atoms with Crippen LogP contribution in [0.5, 0.6) is 0 Å². The second kappa shape index (κ2) is 6.98. The first-order chi connectivity index (χ1) is 10.9. The van der Waals surface area contributed by atoms with Gasteiger partial charge in [-0.05, 0) is 25.1 Å². The molecule has 1 atom stereocenters. The zero-order valence-electron chi connectivity index (χ0n) is 12.4. The molecule has 0 saturated heterocycles. The molecule has 0 aliphatic rings. The number of nitrogens with two attached hydrogens (primary N) is 1. The van der Waals surface area contributed by atoms with E-state index in [0.717, 1.165) is 17.0 Å². The van der Waals surface area contributed by atoms with Gasteiger partial charge in [-0.3, -0.25) is 4.79 Å². The lowest BCUT2D eigenvalue weighted by Crippen LogP contribution is -2.44. The molecule has 1 aromatic carbocycles. The Hall–Kier alpha value is -2.44. The number of rotatable bonds is 5. The van der Waals surface area contributed by atoms with E-state index in [4.69, 9.17) is 11.0 Å². The molecule has 1 aromatic rings. The Kier molecular flexibility index (Phi) is 5.71.